The standard InChI is InChI=1S/C18H18N4O3/c1-21-8-10-22(11-9-21)18(24)25-15-7-3-5-13-17(15)20-12-4-2-6-14(23)16(12)19-13/h2-7,23H,8-11H2,1H3. The van der Waals surface area contributed by atoms with Gasteiger partial charge in [0.25, 0.3) is 0 Å². The van der Waals surface area contributed by atoms with E-state index < -0.39 is 0 Å². The second kappa shape index (κ2) is 6.18. The predicted octanol–water partition coefficient (Wildman–Crippen LogP) is 2.23. The number of hydrogen-bond acceptors (Lipinski definition) is 6. The number of likely N-dealkylation sites (N-methyl/N-ethyl adjacent to an activating group) is 1. The molecule has 0 unspecified atom stereocenters. The highest BCUT2D eigenvalue weighted by Crippen LogP contribution is 2.28. The van der Waals surface area contributed by atoms with Crippen LogP contribution in [0, 0.1) is 0 Å². The summed E-state index contributed by atoms with van der Waals surface area (Å²) in [5, 5.41) is 9.94. The van der Waals surface area contributed by atoms with Gasteiger partial charge in [-0.3, -0.25) is 0 Å². The number of amides is 1. The van der Waals surface area contributed by atoms with E-state index in [1.807, 2.05) is 7.05 Å². The summed E-state index contributed by atoms with van der Waals surface area (Å²) in [5.41, 5.74) is 2.05. The maximum absolute atomic E-state index is 12.4. The number of piperazine rings is 1. The van der Waals surface area contributed by atoms with E-state index in [0.29, 0.717) is 40.9 Å². The number of nitrogens with zero attached hydrogens (tertiary/aromatic N) is 4. The Morgan fingerprint density at radius 3 is 2.40 bits per heavy atom. The summed E-state index contributed by atoms with van der Waals surface area (Å²) in [6.45, 7) is 2.94. The van der Waals surface area contributed by atoms with Crippen molar-refractivity contribution in [1.29, 1.82) is 0 Å². The number of aromatic nitrogens is 2. The molecule has 2 aromatic carbocycles. The molecule has 0 aliphatic carbocycles. The molecule has 0 saturated carbocycles. The minimum atomic E-state index is -0.376. The van der Waals surface area contributed by atoms with Crippen LogP contribution in [0.4, 0.5) is 4.79 Å². The molecule has 1 aliphatic heterocycles. The molecule has 1 aliphatic rings. The Morgan fingerprint density at radius 1 is 1.00 bits per heavy atom. The number of fused-ring (bicyclic) bond motifs is 2. The summed E-state index contributed by atoms with van der Waals surface area (Å²) in [7, 11) is 2.03. The number of benzene rings is 2. The van der Waals surface area contributed by atoms with Gasteiger partial charge < -0.3 is 19.6 Å². The van der Waals surface area contributed by atoms with E-state index in [1.165, 1.54) is 0 Å². The van der Waals surface area contributed by atoms with Crippen molar-refractivity contribution in [3.63, 3.8) is 0 Å². The van der Waals surface area contributed by atoms with Crippen molar-refractivity contribution in [2.45, 2.75) is 0 Å². The van der Waals surface area contributed by atoms with Gasteiger partial charge in [-0.25, -0.2) is 14.8 Å². The van der Waals surface area contributed by atoms with Crippen molar-refractivity contribution in [3.8, 4) is 11.5 Å². The molecular weight excluding hydrogens is 320 g/mol. The number of phenolic OH excluding ortho intramolecular Hbond substituents is 1. The maximum atomic E-state index is 12.4. The number of carbonyl (C=O) groups is 1. The largest absolute Gasteiger partial charge is 0.506 e. The topological polar surface area (TPSA) is 78.8 Å². The number of phenols is 1. The highest BCUT2D eigenvalue weighted by Gasteiger charge is 2.22. The quantitative estimate of drug-likeness (QED) is 0.686. The van der Waals surface area contributed by atoms with Crippen LogP contribution >= 0.6 is 0 Å². The summed E-state index contributed by atoms with van der Waals surface area (Å²) in [6, 6.07) is 10.3. The lowest BCUT2D eigenvalue weighted by atomic mass is 10.2. The van der Waals surface area contributed by atoms with Crippen molar-refractivity contribution in [3.05, 3.63) is 36.4 Å². The summed E-state index contributed by atoms with van der Waals surface area (Å²) in [6.07, 6.45) is -0.376. The fraction of sp³-hybridized carbons (Fsp3) is 0.278. The van der Waals surface area contributed by atoms with Gasteiger partial charge in [0.15, 0.2) is 5.75 Å². The predicted molar refractivity (Wildman–Crippen MR) is 93.8 cm³/mol. The number of ether oxygens (including phenoxy) is 1. The minimum Gasteiger partial charge on any atom is -0.506 e. The summed E-state index contributed by atoms with van der Waals surface area (Å²) in [5.74, 6) is 0.450. The molecule has 2 heterocycles. The molecule has 4 rings (SSSR count). The van der Waals surface area contributed by atoms with Gasteiger partial charge in [-0.15, -0.1) is 0 Å². The van der Waals surface area contributed by atoms with E-state index in [0.717, 1.165) is 13.1 Å². The van der Waals surface area contributed by atoms with Gasteiger partial charge in [0.1, 0.15) is 16.8 Å². The van der Waals surface area contributed by atoms with Gasteiger partial charge in [0.2, 0.25) is 0 Å². The average Bonchev–Trinajstić information content (AvgIpc) is 2.62. The molecule has 7 heteroatoms. The van der Waals surface area contributed by atoms with E-state index >= 15 is 0 Å². The van der Waals surface area contributed by atoms with Crippen LogP contribution < -0.4 is 4.74 Å². The fourth-order valence-electron chi connectivity index (χ4n) is 2.91. The first-order chi connectivity index (χ1) is 12.1. The second-order valence-electron chi connectivity index (χ2n) is 6.15. The van der Waals surface area contributed by atoms with Gasteiger partial charge in [-0.1, -0.05) is 12.1 Å². The van der Waals surface area contributed by atoms with Crippen LogP contribution in [0.5, 0.6) is 11.5 Å². The Morgan fingerprint density at radius 2 is 1.64 bits per heavy atom. The smallest absolute Gasteiger partial charge is 0.415 e. The number of para-hydroxylation sites is 2. The van der Waals surface area contributed by atoms with Gasteiger partial charge in [-0.2, -0.15) is 0 Å². The van der Waals surface area contributed by atoms with Crippen LogP contribution in [0.15, 0.2) is 36.4 Å². The number of carbonyl (C=O) groups excluding carboxylic acids is 1. The zero-order chi connectivity index (χ0) is 17.4. The lowest BCUT2D eigenvalue weighted by Gasteiger charge is -2.31. The van der Waals surface area contributed by atoms with E-state index in [1.54, 1.807) is 41.3 Å². The van der Waals surface area contributed by atoms with Crippen molar-refractivity contribution in [2.75, 3.05) is 33.2 Å². The SMILES string of the molecule is CN1CCN(C(=O)Oc2cccc3nc4c(O)cccc4nc23)CC1. The first kappa shape index (κ1) is 15.6. The van der Waals surface area contributed by atoms with Crippen LogP contribution in [-0.2, 0) is 0 Å². The van der Waals surface area contributed by atoms with E-state index in [-0.39, 0.29) is 11.8 Å². The minimum absolute atomic E-state index is 0.0757. The Labute approximate surface area is 144 Å². The number of hydrogen-bond donors (Lipinski definition) is 1. The first-order valence-corrected chi connectivity index (χ1v) is 8.15. The van der Waals surface area contributed by atoms with Crippen LogP contribution in [0.3, 0.4) is 0 Å². The molecule has 25 heavy (non-hydrogen) atoms. The summed E-state index contributed by atoms with van der Waals surface area (Å²) >= 11 is 0. The van der Waals surface area contributed by atoms with Crippen LogP contribution in [0.25, 0.3) is 22.1 Å². The molecule has 0 atom stereocenters. The van der Waals surface area contributed by atoms with Gasteiger partial charge >= 0.3 is 6.09 Å². The molecule has 3 aromatic rings. The van der Waals surface area contributed by atoms with Crippen LogP contribution in [0.1, 0.15) is 0 Å². The third kappa shape index (κ3) is 2.94. The monoisotopic (exact) mass is 338 g/mol. The third-order valence-corrected chi connectivity index (χ3v) is 4.39. The Hall–Kier alpha value is -2.93. The molecular formula is C18H18N4O3. The molecule has 0 bridgehead atoms. The fourth-order valence-corrected chi connectivity index (χ4v) is 2.91. The Kier molecular flexibility index (Phi) is 3.85. The average molecular weight is 338 g/mol. The summed E-state index contributed by atoms with van der Waals surface area (Å²) in [4.78, 5) is 25.3. The molecule has 1 N–H and O–H groups in total. The van der Waals surface area contributed by atoms with Crippen LogP contribution in [0.2, 0.25) is 0 Å². The normalized spacial score (nSPS) is 15.6. The molecule has 1 saturated heterocycles. The van der Waals surface area contributed by atoms with E-state index in [2.05, 4.69) is 14.9 Å². The molecule has 1 amide bonds. The highest BCUT2D eigenvalue weighted by molar-refractivity contribution is 5.92. The molecule has 0 radical (unpaired) electrons. The van der Waals surface area contributed by atoms with Crippen molar-refractivity contribution in [2.24, 2.45) is 0 Å². The molecule has 7 nitrogen and oxygen atoms in total. The summed E-state index contributed by atoms with van der Waals surface area (Å²) < 4.78 is 5.59. The number of rotatable bonds is 1. The molecule has 0 spiro atoms. The van der Waals surface area contributed by atoms with Crippen molar-refractivity contribution in [1.82, 2.24) is 19.8 Å². The molecule has 128 valence electrons. The zero-order valence-electron chi connectivity index (χ0n) is 13.8. The van der Waals surface area contributed by atoms with Crippen LogP contribution in [-0.4, -0.2) is 64.2 Å². The Balaban J connectivity index is 1.68. The van der Waals surface area contributed by atoms with E-state index in [9.17, 15) is 9.90 Å². The van der Waals surface area contributed by atoms with Gasteiger partial charge in [0.05, 0.1) is 11.0 Å². The van der Waals surface area contributed by atoms with Gasteiger partial charge in [0, 0.05) is 26.2 Å². The second-order valence-corrected chi connectivity index (χ2v) is 6.15. The lowest BCUT2D eigenvalue weighted by molar-refractivity contribution is 0.121. The van der Waals surface area contributed by atoms with Gasteiger partial charge in [-0.05, 0) is 31.3 Å². The molecule has 1 aromatic heterocycles. The van der Waals surface area contributed by atoms with Crippen molar-refractivity contribution >= 4 is 28.2 Å². The maximum Gasteiger partial charge on any atom is 0.415 e. The lowest BCUT2D eigenvalue weighted by Crippen LogP contribution is -2.48. The Bertz CT molecular complexity index is 952. The highest BCUT2D eigenvalue weighted by atomic mass is 16.6. The first-order valence-electron chi connectivity index (χ1n) is 8.15. The number of aromatic hydroxyl groups is 1. The zero-order valence-corrected chi connectivity index (χ0v) is 13.8. The van der Waals surface area contributed by atoms with E-state index in [4.69, 9.17) is 4.74 Å². The molecule has 1 fully saturated rings. The van der Waals surface area contributed by atoms with Crippen molar-refractivity contribution < 1.29 is 14.6 Å². The third-order valence-electron chi connectivity index (χ3n) is 4.39.